The lowest BCUT2D eigenvalue weighted by molar-refractivity contribution is -0.925. The van der Waals surface area contributed by atoms with Crippen molar-refractivity contribution in [2.45, 2.75) is 40.2 Å². The van der Waals surface area contributed by atoms with Crippen LogP contribution in [0.1, 0.15) is 38.3 Å². The van der Waals surface area contributed by atoms with Crippen molar-refractivity contribution in [3.8, 4) is 0 Å². The maximum Gasteiger partial charge on any atom is 0.336 e. The highest BCUT2D eigenvalue weighted by Gasteiger charge is 2.25. The number of fused-ring (bicyclic) bond motifs is 1. The molecule has 3 heteroatoms. The van der Waals surface area contributed by atoms with Gasteiger partial charge in [-0.15, -0.1) is 0 Å². The first-order valence-electron chi connectivity index (χ1n) is 8.44. The van der Waals surface area contributed by atoms with Crippen molar-refractivity contribution < 1.29 is 9.32 Å². The molecular weight excluding hydrogens is 274 g/mol. The molecule has 3 rings (SSSR count). The Labute approximate surface area is 131 Å². The lowest BCUT2D eigenvalue weighted by Gasteiger charge is -2.32. The highest BCUT2D eigenvalue weighted by atomic mass is 16.4. The van der Waals surface area contributed by atoms with E-state index in [1.165, 1.54) is 25.1 Å². The number of likely N-dealkylation sites (tertiary alicyclic amines) is 1. The molecule has 1 aromatic heterocycles. The molecule has 1 saturated heterocycles. The predicted molar refractivity (Wildman–Crippen MR) is 89.2 cm³/mol. The van der Waals surface area contributed by atoms with Gasteiger partial charge in [0.2, 0.25) is 0 Å². The van der Waals surface area contributed by atoms with Crippen molar-refractivity contribution in [3.05, 3.63) is 45.8 Å². The van der Waals surface area contributed by atoms with Gasteiger partial charge in [0.15, 0.2) is 0 Å². The molecule has 0 saturated carbocycles. The SMILES string of the molecule is CCc1ccc2c(C[NH+]3C[C@H](C)C[C@H](C)C3)cc(=O)oc2c1. The van der Waals surface area contributed by atoms with Crippen LogP contribution in [-0.2, 0) is 13.0 Å². The number of aryl methyl sites for hydroxylation is 1. The van der Waals surface area contributed by atoms with Gasteiger partial charge in [0.1, 0.15) is 12.1 Å². The van der Waals surface area contributed by atoms with E-state index in [-0.39, 0.29) is 5.63 Å². The Morgan fingerprint density at radius 2 is 1.91 bits per heavy atom. The van der Waals surface area contributed by atoms with Gasteiger partial charge in [0.05, 0.1) is 13.1 Å². The Morgan fingerprint density at radius 1 is 1.18 bits per heavy atom. The molecule has 1 aromatic carbocycles. The lowest BCUT2D eigenvalue weighted by atomic mass is 9.91. The summed E-state index contributed by atoms with van der Waals surface area (Å²) in [6, 6.07) is 7.95. The summed E-state index contributed by atoms with van der Waals surface area (Å²) in [4.78, 5) is 13.5. The molecule has 3 atom stereocenters. The fraction of sp³-hybridized carbons (Fsp3) is 0.526. The summed E-state index contributed by atoms with van der Waals surface area (Å²) in [6.07, 6.45) is 2.28. The maximum absolute atomic E-state index is 11.9. The fourth-order valence-electron chi connectivity index (χ4n) is 3.98. The molecule has 22 heavy (non-hydrogen) atoms. The zero-order valence-electron chi connectivity index (χ0n) is 13.8. The van der Waals surface area contributed by atoms with Crippen LogP contribution in [0.5, 0.6) is 0 Å². The van der Waals surface area contributed by atoms with E-state index in [0.717, 1.165) is 41.3 Å². The zero-order valence-corrected chi connectivity index (χ0v) is 13.8. The van der Waals surface area contributed by atoms with Crippen molar-refractivity contribution in [3.63, 3.8) is 0 Å². The Balaban J connectivity index is 1.94. The molecule has 118 valence electrons. The van der Waals surface area contributed by atoms with Gasteiger partial charge in [-0.25, -0.2) is 4.79 Å². The van der Waals surface area contributed by atoms with E-state index < -0.39 is 0 Å². The number of hydrogen-bond donors (Lipinski definition) is 1. The molecule has 0 aliphatic carbocycles. The Morgan fingerprint density at radius 3 is 2.59 bits per heavy atom. The average molecular weight is 300 g/mol. The molecular formula is C19H26NO2+. The minimum Gasteiger partial charge on any atom is -0.423 e. The smallest absolute Gasteiger partial charge is 0.336 e. The van der Waals surface area contributed by atoms with Crippen LogP contribution < -0.4 is 10.5 Å². The van der Waals surface area contributed by atoms with Gasteiger partial charge < -0.3 is 9.32 Å². The van der Waals surface area contributed by atoms with Gasteiger partial charge in [-0.05, 0) is 24.5 Å². The normalized spacial score (nSPS) is 25.5. The van der Waals surface area contributed by atoms with Gasteiger partial charge >= 0.3 is 5.63 Å². The third-order valence-electron chi connectivity index (χ3n) is 4.82. The van der Waals surface area contributed by atoms with Crippen molar-refractivity contribution in [1.29, 1.82) is 0 Å². The maximum atomic E-state index is 11.9. The number of piperidine rings is 1. The molecule has 3 nitrogen and oxygen atoms in total. The topological polar surface area (TPSA) is 34.7 Å². The standard InChI is InChI=1S/C19H25NO2/c1-4-15-5-6-17-16(9-19(21)22-18(17)8-15)12-20-10-13(2)7-14(3)11-20/h5-6,8-9,13-14H,4,7,10-12H2,1-3H3/p+1/t13-,14+. The van der Waals surface area contributed by atoms with Crippen LogP contribution in [-0.4, -0.2) is 13.1 Å². The summed E-state index contributed by atoms with van der Waals surface area (Å²) in [7, 11) is 0. The van der Waals surface area contributed by atoms with E-state index in [4.69, 9.17) is 4.42 Å². The van der Waals surface area contributed by atoms with Crippen LogP contribution in [0.15, 0.2) is 33.5 Å². The van der Waals surface area contributed by atoms with E-state index in [0.29, 0.717) is 0 Å². The second-order valence-electron chi connectivity index (χ2n) is 7.06. The number of quaternary nitrogens is 1. The van der Waals surface area contributed by atoms with Crippen LogP contribution >= 0.6 is 0 Å². The summed E-state index contributed by atoms with van der Waals surface area (Å²) in [5, 5.41) is 1.09. The second-order valence-corrected chi connectivity index (χ2v) is 7.06. The Bertz CT molecular complexity index is 709. The molecule has 1 N–H and O–H groups in total. The third-order valence-corrected chi connectivity index (χ3v) is 4.82. The number of nitrogens with one attached hydrogen (secondary N) is 1. The molecule has 0 amide bonds. The van der Waals surface area contributed by atoms with Crippen LogP contribution in [0.3, 0.4) is 0 Å². The summed E-state index contributed by atoms with van der Waals surface area (Å²) < 4.78 is 5.41. The van der Waals surface area contributed by atoms with Crippen LogP contribution in [0.25, 0.3) is 11.0 Å². The first-order chi connectivity index (χ1) is 10.5. The first-order valence-corrected chi connectivity index (χ1v) is 8.44. The molecule has 0 spiro atoms. The minimum absolute atomic E-state index is 0.228. The van der Waals surface area contributed by atoms with Crippen molar-refractivity contribution in [2.75, 3.05) is 13.1 Å². The fourth-order valence-corrected chi connectivity index (χ4v) is 3.98. The lowest BCUT2D eigenvalue weighted by Crippen LogP contribution is -3.13. The first kappa shape index (κ1) is 15.3. The van der Waals surface area contributed by atoms with Crippen molar-refractivity contribution >= 4 is 11.0 Å². The molecule has 2 aromatic rings. The van der Waals surface area contributed by atoms with Gasteiger partial charge in [-0.2, -0.15) is 0 Å². The highest BCUT2D eigenvalue weighted by molar-refractivity contribution is 5.80. The Hall–Kier alpha value is -1.61. The van der Waals surface area contributed by atoms with Crippen LogP contribution in [0.2, 0.25) is 0 Å². The van der Waals surface area contributed by atoms with Crippen LogP contribution in [0.4, 0.5) is 0 Å². The molecule has 1 fully saturated rings. The van der Waals surface area contributed by atoms with E-state index in [1.54, 1.807) is 11.0 Å². The van der Waals surface area contributed by atoms with Crippen LogP contribution in [0, 0.1) is 11.8 Å². The summed E-state index contributed by atoms with van der Waals surface area (Å²) in [5.74, 6) is 1.52. The van der Waals surface area contributed by atoms with Gasteiger partial charge in [0.25, 0.3) is 0 Å². The summed E-state index contributed by atoms with van der Waals surface area (Å²) >= 11 is 0. The zero-order chi connectivity index (χ0) is 15.7. The largest absolute Gasteiger partial charge is 0.423 e. The third kappa shape index (κ3) is 3.25. The number of hydrogen-bond acceptors (Lipinski definition) is 2. The van der Waals surface area contributed by atoms with Gasteiger partial charge in [-0.1, -0.05) is 32.9 Å². The molecule has 1 aliphatic rings. The molecule has 2 heterocycles. The molecule has 0 bridgehead atoms. The summed E-state index contributed by atoms with van der Waals surface area (Å²) in [5.41, 5.74) is 2.85. The quantitative estimate of drug-likeness (QED) is 0.884. The van der Waals surface area contributed by atoms with Gasteiger partial charge in [-0.3, -0.25) is 0 Å². The van der Waals surface area contributed by atoms with Gasteiger partial charge in [0, 0.05) is 28.9 Å². The van der Waals surface area contributed by atoms with E-state index >= 15 is 0 Å². The predicted octanol–water partition coefficient (Wildman–Crippen LogP) is 2.42. The molecule has 1 unspecified atom stereocenters. The monoisotopic (exact) mass is 300 g/mol. The van der Waals surface area contributed by atoms with E-state index in [9.17, 15) is 4.79 Å². The second kappa shape index (κ2) is 6.25. The van der Waals surface area contributed by atoms with E-state index in [1.807, 2.05) is 6.07 Å². The summed E-state index contributed by atoms with van der Waals surface area (Å²) in [6.45, 7) is 10.1. The molecule has 0 radical (unpaired) electrons. The van der Waals surface area contributed by atoms with E-state index in [2.05, 4.69) is 32.9 Å². The highest BCUT2D eigenvalue weighted by Crippen LogP contribution is 2.19. The number of rotatable bonds is 3. The molecule has 1 aliphatic heterocycles. The number of benzene rings is 1. The minimum atomic E-state index is -0.228. The van der Waals surface area contributed by atoms with Crippen molar-refractivity contribution in [2.24, 2.45) is 11.8 Å². The van der Waals surface area contributed by atoms with Crippen molar-refractivity contribution in [1.82, 2.24) is 0 Å². The Kier molecular flexibility index (Phi) is 4.34. The average Bonchev–Trinajstić information content (AvgIpc) is 2.45.